The summed E-state index contributed by atoms with van der Waals surface area (Å²) >= 11 is 0. The fourth-order valence-electron chi connectivity index (χ4n) is 2.26. The number of hydrogen-bond acceptors (Lipinski definition) is 1. The Morgan fingerprint density at radius 1 is 1.35 bits per heavy atom. The predicted molar refractivity (Wildman–Crippen MR) is 64.6 cm³/mol. The molecule has 17 heavy (non-hydrogen) atoms. The molecule has 0 aliphatic heterocycles. The summed E-state index contributed by atoms with van der Waals surface area (Å²) in [5, 5.41) is 3.30. The number of benzene rings is 1. The lowest BCUT2D eigenvalue weighted by Crippen LogP contribution is -2.30. The second-order valence-electron chi connectivity index (χ2n) is 5.05. The highest BCUT2D eigenvalue weighted by molar-refractivity contribution is 5.18. The Balaban J connectivity index is 1.79. The molecule has 1 aliphatic rings. The highest BCUT2D eigenvalue weighted by Crippen LogP contribution is 2.30. The Morgan fingerprint density at radius 2 is 2.12 bits per heavy atom. The van der Waals surface area contributed by atoms with E-state index in [0.717, 1.165) is 18.4 Å². The van der Waals surface area contributed by atoms with E-state index in [1.165, 1.54) is 31.4 Å². The van der Waals surface area contributed by atoms with Crippen LogP contribution in [-0.4, -0.2) is 6.04 Å². The molecule has 1 aromatic rings. The van der Waals surface area contributed by atoms with E-state index >= 15 is 0 Å². The number of hydrogen-bond donors (Lipinski definition) is 1. The fraction of sp³-hybridized carbons (Fsp3) is 0.571. The van der Waals surface area contributed by atoms with Crippen molar-refractivity contribution in [2.75, 3.05) is 0 Å². The first-order valence-electron chi connectivity index (χ1n) is 6.32. The maximum atomic E-state index is 13.4. The highest BCUT2D eigenvalue weighted by Gasteiger charge is 2.19. The van der Waals surface area contributed by atoms with Crippen molar-refractivity contribution >= 4 is 0 Å². The van der Waals surface area contributed by atoms with E-state index < -0.39 is 11.6 Å². The van der Waals surface area contributed by atoms with Crippen LogP contribution in [0.1, 0.15) is 38.2 Å². The molecule has 0 aromatic heterocycles. The summed E-state index contributed by atoms with van der Waals surface area (Å²) in [7, 11) is 0. The molecule has 0 bridgehead atoms. The van der Waals surface area contributed by atoms with Crippen LogP contribution in [0.2, 0.25) is 0 Å². The van der Waals surface area contributed by atoms with Crippen molar-refractivity contribution in [1.82, 2.24) is 5.32 Å². The quantitative estimate of drug-likeness (QED) is 0.827. The molecule has 1 N–H and O–H groups in total. The molecule has 0 amide bonds. The Hall–Kier alpha value is -0.960. The summed E-state index contributed by atoms with van der Waals surface area (Å²) in [5.41, 5.74) is 0.534. The van der Waals surface area contributed by atoms with E-state index in [-0.39, 0.29) is 0 Å². The van der Waals surface area contributed by atoms with E-state index in [9.17, 15) is 8.78 Å². The van der Waals surface area contributed by atoms with Crippen LogP contribution < -0.4 is 5.32 Å². The Bertz CT molecular complexity index is 374. The molecular weight excluding hydrogens is 220 g/mol. The van der Waals surface area contributed by atoms with Crippen molar-refractivity contribution in [2.45, 2.75) is 45.2 Å². The van der Waals surface area contributed by atoms with Crippen molar-refractivity contribution < 1.29 is 8.78 Å². The zero-order chi connectivity index (χ0) is 12.3. The van der Waals surface area contributed by atoms with Crippen LogP contribution in [-0.2, 0) is 6.54 Å². The summed E-state index contributed by atoms with van der Waals surface area (Å²) in [6.45, 7) is 2.60. The molecule has 3 heteroatoms. The lowest BCUT2D eigenvalue weighted by atomic mass is 9.81. The van der Waals surface area contributed by atoms with E-state index in [0.29, 0.717) is 18.2 Å². The Morgan fingerprint density at radius 3 is 2.71 bits per heavy atom. The van der Waals surface area contributed by atoms with Crippen molar-refractivity contribution in [3.05, 3.63) is 35.4 Å². The molecule has 1 unspecified atom stereocenters. The van der Waals surface area contributed by atoms with Gasteiger partial charge in [-0.25, -0.2) is 8.78 Å². The topological polar surface area (TPSA) is 12.0 Å². The largest absolute Gasteiger partial charge is 0.310 e. The van der Waals surface area contributed by atoms with Crippen molar-refractivity contribution in [3.8, 4) is 0 Å². The smallest absolute Gasteiger partial charge is 0.130 e. The monoisotopic (exact) mass is 239 g/mol. The molecule has 0 radical (unpaired) electrons. The molecule has 1 aliphatic carbocycles. The predicted octanol–water partition coefficient (Wildman–Crippen LogP) is 3.63. The summed E-state index contributed by atoms with van der Waals surface area (Å²) < 4.78 is 26.1. The molecule has 0 heterocycles. The maximum Gasteiger partial charge on any atom is 0.130 e. The maximum absolute atomic E-state index is 13.4. The fourth-order valence-corrected chi connectivity index (χ4v) is 2.26. The van der Waals surface area contributed by atoms with Gasteiger partial charge in [0.2, 0.25) is 0 Å². The van der Waals surface area contributed by atoms with Gasteiger partial charge in [-0.2, -0.15) is 0 Å². The van der Waals surface area contributed by atoms with Crippen LogP contribution in [0.4, 0.5) is 8.78 Å². The average molecular weight is 239 g/mol. The lowest BCUT2D eigenvalue weighted by molar-refractivity contribution is 0.265. The molecule has 1 fully saturated rings. The number of nitrogens with one attached hydrogen (secondary N) is 1. The third-order valence-electron chi connectivity index (χ3n) is 3.57. The molecule has 1 nitrogen and oxygen atoms in total. The van der Waals surface area contributed by atoms with Gasteiger partial charge in [0, 0.05) is 24.2 Å². The molecule has 0 spiro atoms. The Labute approximate surface area is 101 Å². The first-order chi connectivity index (χ1) is 8.15. The zero-order valence-electron chi connectivity index (χ0n) is 10.2. The molecule has 2 rings (SSSR count). The van der Waals surface area contributed by atoms with Crippen LogP contribution in [0.15, 0.2) is 18.2 Å². The van der Waals surface area contributed by atoms with Gasteiger partial charge in [0.05, 0.1) is 0 Å². The molecular formula is C14H19F2N. The van der Waals surface area contributed by atoms with Crippen LogP contribution in [0.25, 0.3) is 0 Å². The summed E-state index contributed by atoms with van der Waals surface area (Å²) in [5.74, 6) is -0.141. The van der Waals surface area contributed by atoms with E-state index in [4.69, 9.17) is 0 Å². The van der Waals surface area contributed by atoms with Gasteiger partial charge in [-0.1, -0.05) is 25.3 Å². The normalized spacial score (nSPS) is 17.8. The number of rotatable bonds is 5. The average Bonchev–Trinajstić information content (AvgIpc) is 2.22. The molecule has 1 saturated carbocycles. The van der Waals surface area contributed by atoms with Gasteiger partial charge >= 0.3 is 0 Å². The minimum Gasteiger partial charge on any atom is -0.310 e. The van der Waals surface area contributed by atoms with Crippen molar-refractivity contribution in [3.63, 3.8) is 0 Å². The third-order valence-corrected chi connectivity index (χ3v) is 3.57. The molecule has 1 atom stereocenters. The van der Waals surface area contributed by atoms with E-state index in [2.05, 4.69) is 12.2 Å². The van der Waals surface area contributed by atoms with E-state index in [1.54, 1.807) is 0 Å². The first kappa shape index (κ1) is 12.5. The van der Waals surface area contributed by atoms with E-state index in [1.807, 2.05) is 0 Å². The number of halogens is 2. The van der Waals surface area contributed by atoms with Crippen molar-refractivity contribution in [2.24, 2.45) is 5.92 Å². The SMILES string of the molecule is CC(CC1CCC1)NCc1ccc(F)cc1F. The standard InChI is InChI=1S/C14H19F2N/c1-10(7-11-3-2-4-11)17-9-12-5-6-13(15)8-14(12)16/h5-6,8,10-11,17H,2-4,7,9H2,1H3. The zero-order valence-corrected chi connectivity index (χ0v) is 10.2. The minimum absolute atomic E-state index is 0.393. The van der Waals surface area contributed by atoms with Crippen LogP contribution >= 0.6 is 0 Å². The summed E-state index contributed by atoms with van der Waals surface area (Å²) in [6.07, 6.45) is 5.17. The summed E-state index contributed by atoms with van der Waals surface area (Å²) in [6, 6.07) is 4.14. The molecule has 1 aromatic carbocycles. The lowest BCUT2D eigenvalue weighted by Gasteiger charge is -2.28. The minimum atomic E-state index is -0.520. The van der Waals surface area contributed by atoms with Gasteiger partial charge < -0.3 is 5.32 Å². The first-order valence-corrected chi connectivity index (χ1v) is 6.32. The van der Waals surface area contributed by atoms with Crippen LogP contribution in [0.5, 0.6) is 0 Å². The van der Waals surface area contributed by atoms with Gasteiger partial charge in [0.1, 0.15) is 11.6 Å². The van der Waals surface area contributed by atoms with Gasteiger partial charge in [-0.3, -0.25) is 0 Å². The molecule has 0 saturated heterocycles. The second kappa shape index (κ2) is 5.58. The van der Waals surface area contributed by atoms with Crippen molar-refractivity contribution in [1.29, 1.82) is 0 Å². The second-order valence-corrected chi connectivity index (χ2v) is 5.05. The van der Waals surface area contributed by atoms with Crippen LogP contribution in [0, 0.1) is 17.6 Å². The Kier molecular flexibility index (Phi) is 4.11. The third kappa shape index (κ3) is 3.50. The van der Waals surface area contributed by atoms with Gasteiger partial charge in [-0.15, -0.1) is 0 Å². The van der Waals surface area contributed by atoms with Gasteiger partial charge in [-0.05, 0) is 25.3 Å². The highest BCUT2D eigenvalue weighted by atomic mass is 19.1. The van der Waals surface area contributed by atoms with Crippen LogP contribution in [0.3, 0.4) is 0 Å². The summed E-state index contributed by atoms with van der Waals surface area (Å²) in [4.78, 5) is 0. The van der Waals surface area contributed by atoms with Gasteiger partial charge in [0.25, 0.3) is 0 Å². The van der Waals surface area contributed by atoms with Gasteiger partial charge in [0.15, 0.2) is 0 Å². The molecule has 94 valence electrons.